The zero-order valence-electron chi connectivity index (χ0n) is 15.4. The average Bonchev–Trinajstić information content (AvgIpc) is 2.74. The molecule has 1 aromatic heterocycles. The molecule has 2 aromatic carbocycles. The minimum atomic E-state index is -0.00997. The number of benzene rings is 2. The third-order valence-electron chi connectivity index (χ3n) is 4.94. The summed E-state index contributed by atoms with van der Waals surface area (Å²) in [6.45, 7) is 4.51. The molecule has 1 fully saturated rings. The summed E-state index contributed by atoms with van der Waals surface area (Å²) in [4.78, 5) is 19.5. The fourth-order valence-electron chi connectivity index (χ4n) is 3.34. The van der Waals surface area contributed by atoms with Crippen molar-refractivity contribution >= 4 is 28.2 Å². The van der Waals surface area contributed by atoms with Gasteiger partial charge >= 0.3 is 0 Å². The lowest BCUT2D eigenvalue weighted by molar-refractivity contribution is 0.0303. The summed E-state index contributed by atoms with van der Waals surface area (Å²) in [5, 5.41) is 4.41. The van der Waals surface area contributed by atoms with Crippen LogP contribution in [0, 0.1) is 0 Å². The van der Waals surface area contributed by atoms with Crippen LogP contribution in [0.15, 0.2) is 54.7 Å². The molecule has 1 N–H and O–H groups in total. The first kappa shape index (κ1) is 17.5. The SMILES string of the molecule is CCc1ccc(Nc2c(C(=O)N3CCOCC3)cnc3ccccc23)cc1. The quantitative estimate of drug-likeness (QED) is 0.763. The molecule has 0 atom stereocenters. The number of carbonyl (C=O) groups excluding carboxylic acids is 1. The van der Waals surface area contributed by atoms with Crippen molar-refractivity contribution in [2.75, 3.05) is 31.6 Å². The van der Waals surface area contributed by atoms with Crippen molar-refractivity contribution < 1.29 is 9.53 Å². The Morgan fingerprint density at radius 2 is 1.85 bits per heavy atom. The molecule has 138 valence electrons. The van der Waals surface area contributed by atoms with E-state index in [0.29, 0.717) is 31.9 Å². The average molecular weight is 361 g/mol. The van der Waals surface area contributed by atoms with Crippen LogP contribution in [0.1, 0.15) is 22.8 Å². The number of aromatic nitrogens is 1. The first-order valence-electron chi connectivity index (χ1n) is 9.37. The number of pyridine rings is 1. The second-order valence-corrected chi connectivity index (χ2v) is 6.64. The van der Waals surface area contributed by atoms with E-state index in [2.05, 4.69) is 41.5 Å². The highest BCUT2D eigenvalue weighted by molar-refractivity contribution is 6.08. The van der Waals surface area contributed by atoms with Crippen molar-refractivity contribution in [3.63, 3.8) is 0 Å². The minimum Gasteiger partial charge on any atom is -0.378 e. The summed E-state index contributed by atoms with van der Waals surface area (Å²) in [6.07, 6.45) is 2.68. The van der Waals surface area contributed by atoms with Gasteiger partial charge in [-0.05, 0) is 30.2 Å². The molecule has 0 saturated carbocycles. The van der Waals surface area contributed by atoms with Crippen LogP contribution in [0.5, 0.6) is 0 Å². The lowest BCUT2D eigenvalue weighted by Gasteiger charge is -2.28. The third kappa shape index (κ3) is 3.64. The topological polar surface area (TPSA) is 54.5 Å². The molecule has 5 nitrogen and oxygen atoms in total. The Kier molecular flexibility index (Phi) is 5.03. The predicted molar refractivity (Wildman–Crippen MR) is 108 cm³/mol. The van der Waals surface area contributed by atoms with Gasteiger partial charge < -0.3 is 15.0 Å². The van der Waals surface area contributed by atoms with Gasteiger partial charge in [-0.15, -0.1) is 0 Å². The second kappa shape index (κ2) is 7.76. The van der Waals surface area contributed by atoms with Crippen LogP contribution in [0.3, 0.4) is 0 Å². The van der Waals surface area contributed by atoms with E-state index < -0.39 is 0 Å². The van der Waals surface area contributed by atoms with E-state index in [-0.39, 0.29) is 5.91 Å². The summed E-state index contributed by atoms with van der Waals surface area (Å²) in [5.74, 6) is -0.00997. The second-order valence-electron chi connectivity index (χ2n) is 6.64. The standard InChI is InChI=1S/C22H23N3O2/c1-2-16-7-9-17(10-8-16)24-21-18-5-3-4-6-20(18)23-15-19(21)22(26)25-11-13-27-14-12-25/h3-10,15H,2,11-14H2,1H3,(H,23,24). The fourth-order valence-corrected chi connectivity index (χ4v) is 3.34. The van der Waals surface area contributed by atoms with Gasteiger partial charge in [0.05, 0.1) is 30.0 Å². The fraction of sp³-hybridized carbons (Fsp3) is 0.273. The van der Waals surface area contributed by atoms with Gasteiger partial charge in [-0.1, -0.05) is 37.3 Å². The maximum Gasteiger partial charge on any atom is 0.257 e. The monoisotopic (exact) mass is 361 g/mol. The van der Waals surface area contributed by atoms with Gasteiger partial charge in [-0.3, -0.25) is 9.78 Å². The molecule has 5 heteroatoms. The molecule has 1 aliphatic heterocycles. The minimum absolute atomic E-state index is 0.00997. The Labute approximate surface area is 159 Å². The highest BCUT2D eigenvalue weighted by atomic mass is 16.5. The van der Waals surface area contributed by atoms with Gasteiger partial charge in [-0.2, -0.15) is 0 Å². The first-order chi connectivity index (χ1) is 13.3. The number of aryl methyl sites for hydroxylation is 1. The number of morpholine rings is 1. The maximum absolute atomic E-state index is 13.1. The first-order valence-corrected chi connectivity index (χ1v) is 9.37. The molecular weight excluding hydrogens is 338 g/mol. The molecule has 27 heavy (non-hydrogen) atoms. The summed E-state index contributed by atoms with van der Waals surface area (Å²) < 4.78 is 5.38. The van der Waals surface area contributed by atoms with E-state index in [9.17, 15) is 4.79 Å². The molecule has 0 radical (unpaired) electrons. The summed E-state index contributed by atoms with van der Waals surface area (Å²) in [5.41, 5.74) is 4.50. The van der Waals surface area contributed by atoms with Crippen molar-refractivity contribution in [2.45, 2.75) is 13.3 Å². The Balaban J connectivity index is 1.76. The predicted octanol–water partition coefficient (Wildman–Crippen LogP) is 4.01. The van der Waals surface area contributed by atoms with Crippen LogP contribution in [0.25, 0.3) is 10.9 Å². The number of nitrogens with zero attached hydrogens (tertiary/aromatic N) is 2. The molecule has 1 saturated heterocycles. The van der Waals surface area contributed by atoms with Crippen LogP contribution >= 0.6 is 0 Å². The summed E-state index contributed by atoms with van der Waals surface area (Å²) in [7, 11) is 0. The normalized spacial score (nSPS) is 14.3. The van der Waals surface area contributed by atoms with Crippen molar-refractivity contribution in [3.05, 3.63) is 65.9 Å². The number of para-hydroxylation sites is 1. The van der Waals surface area contributed by atoms with E-state index in [1.165, 1.54) is 5.56 Å². The van der Waals surface area contributed by atoms with Crippen molar-refractivity contribution in [1.82, 2.24) is 9.88 Å². The number of hydrogen-bond donors (Lipinski definition) is 1. The Bertz CT molecular complexity index is 947. The molecule has 0 bridgehead atoms. The van der Waals surface area contributed by atoms with Gasteiger partial charge in [0, 0.05) is 30.4 Å². The number of carbonyl (C=O) groups is 1. The van der Waals surface area contributed by atoms with E-state index in [4.69, 9.17) is 4.74 Å². The Morgan fingerprint density at radius 1 is 1.11 bits per heavy atom. The van der Waals surface area contributed by atoms with E-state index >= 15 is 0 Å². The maximum atomic E-state index is 13.1. The largest absolute Gasteiger partial charge is 0.378 e. The highest BCUT2D eigenvalue weighted by Crippen LogP contribution is 2.30. The molecule has 3 aromatic rings. The van der Waals surface area contributed by atoms with Crippen LogP contribution in [-0.2, 0) is 11.2 Å². The van der Waals surface area contributed by atoms with Gasteiger partial charge in [0.25, 0.3) is 5.91 Å². The molecule has 0 unspecified atom stereocenters. The number of anilines is 2. The lowest BCUT2D eigenvalue weighted by atomic mass is 10.1. The van der Waals surface area contributed by atoms with Crippen LogP contribution < -0.4 is 5.32 Å². The van der Waals surface area contributed by atoms with E-state index in [1.807, 2.05) is 29.2 Å². The molecule has 0 spiro atoms. The number of nitrogens with one attached hydrogen (secondary N) is 1. The third-order valence-corrected chi connectivity index (χ3v) is 4.94. The molecular formula is C22H23N3O2. The van der Waals surface area contributed by atoms with Crippen LogP contribution in [0.2, 0.25) is 0 Å². The Hall–Kier alpha value is -2.92. The number of fused-ring (bicyclic) bond motifs is 1. The molecule has 4 rings (SSSR count). The van der Waals surface area contributed by atoms with Gasteiger partial charge in [0.1, 0.15) is 0 Å². The lowest BCUT2D eigenvalue weighted by Crippen LogP contribution is -2.41. The van der Waals surface area contributed by atoms with Crippen molar-refractivity contribution in [1.29, 1.82) is 0 Å². The molecule has 1 aliphatic rings. The van der Waals surface area contributed by atoms with Crippen molar-refractivity contribution in [3.8, 4) is 0 Å². The Morgan fingerprint density at radius 3 is 2.59 bits per heavy atom. The summed E-state index contributed by atoms with van der Waals surface area (Å²) >= 11 is 0. The number of amides is 1. The number of rotatable bonds is 4. The summed E-state index contributed by atoms with van der Waals surface area (Å²) in [6, 6.07) is 16.2. The zero-order chi connectivity index (χ0) is 18.6. The highest BCUT2D eigenvalue weighted by Gasteiger charge is 2.23. The van der Waals surface area contributed by atoms with Crippen LogP contribution in [-0.4, -0.2) is 42.1 Å². The number of ether oxygens (including phenoxy) is 1. The molecule has 0 aliphatic carbocycles. The van der Waals surface area contributed by atoms with Gasteiger partial charge in [0.2, 0.25) is 0 Å². The molecule has 2 heterocycles. The smallest absolute Gasteiger partial charge is 0.257 e. The molecule has 1 amide bonds. The van der Waals surface area contributed by atoms with Crippen LogP contribution in [0.4, 0.5) is 11.4 Å². The van der Waals surface area contributed by atoms with Gasteiger partial charge in [0.15, 0.2) is 0 Å². The number of hydrogen-bond acceptors (Lipinski definition) is 4. The van der Waals surface area contributed by atoms with Gasteiger partial charge in [-0.25, -0.2) is 0 Å². The van der Waals surface area contributed by atoms with E-state index in [0.717, 1.165) is 28.7 Å². The van der Waals surface area contributed by atoms with Crippen molar-refractivity contribution in [2.24, 2.45) is 0 Å². The zero-order valence-corrected chi connectivity index (χ0v) is 15.4. The van der Waals surface area contributed by atoms with E-state index in [1.54, 1.807) is 6.20 Å².